The molecular formula is C22H31N3O2. The Bertz CT molecular complexity index is 961. The molecule has 1 aromatic carbocycles. The van der Waals surface area contributed by atoms with Gasteiger partial charge in [0, 0.05) is 24.7 Å². The third-order valence-electron chi connectivity index (χ3n) is 4.47. The Morgan fingerprint density at radius 1 is 1.19 bits per heavy atom. The predicted molar refractivity (Wildman–Crippen MR) is 114 cm³/mol. The number of fused-ring (bicyclic) bond motifs is 3. The SMILES string of the molecule is CNC.Cc1nccc2c1c(=O)n(C)c1cc(OCCCC(C)C)ccc21. The minimum atomic E-state index is -0.0138. The molecule has 0 radical (unpaired) electrons. The number of nitrogens with one attached hydrogen (secondary N) is 1. The highest BCUT2D eigenvalue weighted by molar-refractivity contribution is 6.06. The highest BCUT2D eigenvalue weighted by Gasteiger charge is 2.11. The van der Waals surface area contributed by atoms with Gasteiger partial charge in [0.05, 0.1) is 23.2 Å². The summed E-state index contributed by atoms with van der Waals surface area (Å²) in [6.07, 6.45) is 3.95. The van der Waals surface area contributed by atoms with Crippen molar-refractivity contribution in [2.45, 2.75) is 33.6 Å². The maximum Gasteiger partial charge on any atom is 0.260 e. The molecule has 0 saturated heterocycles. The third-order valence-corrected chi connectivity index (χ3v) is 4.47. The van der Waals surface area contributed by atoms with Crippen LogP contribution >= 0.6 is 0 Å². The number of hydrogen-bond acceptors (Lipinski definition) is 4. The van der Waals surface area contributed by atoms with Gasteiger partial charge in [-0.05, 0) is 63.4 Å². The summed E-state index contributed by atoms with van der Waals surface area (Å²) in [4.78, 5) is 17.0. The van der Waals surface area contributed by atoms with E-state index in [0.717, 1.165) is 40.6 Å². The molecule has 146 valence electrons. The Labute approximate surface area is 161 Å². The van der Waals surface area contributed by atoms with Crippen molar-refractivity contribution in [3.63, 3.8) is 0 Å². The zero-order valence-corrected chi connectivity index (χ0v) is 17.3. The Hall–Kier alpha value is -2.40. The van der Waals surface area contributed by atoms with E-state index in [1.807, 2.05) is 45.3 Å². The molecule has 0 atom stereocenters. The molecule has 5 heteroatoms. The topological polar surface area (TPSA) is 56.2 Å². The molecule has 0 bridgehead atoms. The summed E-state index contributed by atoms with van der Waals surface area (Å²) in [5.41, 5.74) is 1.64. The van der Waals surface area contributed by atoms with Gasteiger partial charge in [-0.2, -0.15) is 0 Å². The van der Waals surface area contributed by atoms with E-state index in [-0.39, 0.29) is 5.56 Å². The maximum atomic E-state index is 12.7. The molecule has 2 aromatic heterocycles. The molecular weight excluding hydrogens is 338 g/mol. The quantitative estimate of drug-likeness (QED) is 0.545. The zero-order valence-electron chi connectivity index (χ0n) is 17.3. The van der Waals surface area contributed by atoms with Crippen LogP contribution in [0.2, 0.25) is 0 Å². The fourth-order valence-electron chi connectivity index (χ4n) is 3.13. The van der Waals surface area contributed by atoms with Gasteiger partial charge < -0.3 is 14.6 Å². The minimum absolute atomic E-state index is 0.0138. The molecule has 0 amide bonds. The van der Waals surface area contributed by atoms with Crippen LogP contribution in [0.1, 0.15) is 32.4 Å². The summed E-state index contributed by atoms with van der Waals surface area (Å²) in [6.45, 7) is 7.01. The van der Waals surface area contributed by atoms with Crippen LogP contribution in [0.3, 0.4) is 0 Å². The Kier molecular flexibility index (Phi) is 7.36. The number of aromatic nitrogens is 2. The van der Waals surface area contributed by atoms with E-state index < -0.39 is 0 Å². The smallest absolute Gasteiger partial charge is 0.260 e. The average Bonchev–Trinajstić information content (AvgIpc) is 2.63. The van der Waals surface area contributed by atoms with Crippen molar-refractivity contribution in [2.75, 3.05) is 20.7 Å². The van der Waals surface area contributed by atoms with Crippen molar-refractivity contribution in [1.82, 2.24) is 14.9 Å². The molecule has 2 heterocycles. The van der Waals surface area contributed by atoms with Crippen LogP contribution in [-0.2, 0) is 7.05 Å². The molecule has 3 aromatic rings. The minimum Gasteiger partial charge on any atom is -0.494 e. The van der Waals surface area contributed by atoms with Gasteiger partial charge in [0.2, 0.25) is 0 Å². The molecule has 1 N–H and O–H groups in total. The van der Waals surface area contributed by atoms with E-state index in [1.165, 1.54) is 0 Å². The lowest BCUT2D eigenvalue weighted by Crippen LogP contribution is -2.18. The van der Waals surface area contributed by atoms with Crippen LogP contribution in [0.25, 0.3) is 21.7 Å². The van der Waals surface area contributed by atoms with Crippen molar-refractivity contribution in [3.8, 4) is 5.75 Å². The van der Waals surface area contributed by atoms with Crippen LogP contribution in [0, 0.1) is 12.8 Å². The fourth-order valence-corrected chi connectivity index (χ4v) is 3.13. The lowest BCUT2D eigenvalue weighted by atomic mass is 10.1. The van der Waals surface area contributed by atoms with Gasteiger partial charge in [-0.1, -0.05) is 13.8 Å². The van der Waals surface area contributed by atoms with E-state index in [1.54, 1.807) is 17.8 Å². The number of ether oxygens (including phenoxy) is 1. The van der Waals surface area contributed by atoms with Crippen LogP contribution in [0.4, 0.5) is 0 Å². The van der Waals surface area contributed by atoms with Crippen molar-refractivity contribution in [1.29, 1.82) is 0 Å². The fraction of sp³-hybridized carbons (Fsp3) is 0.455. The van der Waals surface area contributed by atoms with Crippen LogP contribution in [0.15, 0.2) is 35.3 Å². The van der Waals surface area contributed by atoms with Crippen LogP contribution in [0.5, 0.6) is 5.75 Å². The number of aryl methyl sites for hydroxylation is 2. The van der Waals surface area contributed by atoms with Crippen molar-refractivity contribution in [3.05, 3.63) is 46.5 Å². The highest BCUT2D eigenvalue weighted by atomic mass is 16.5. The lowest BCUT2D eigenvalue weighted by molar-refractivity contribution is 0.298. The molecule has 0 unspecified atom stereocenters. The molecule has 0 aliphatic heterocycles. The summed E-state index contributed by atoms with van der Waals surface area (Å²) >= 11 is 0. The van der Waals surface area contributed by atoms with Gasteiger partial charge in [-0.3, -0.25) is 9.78 Å². The molecule has 0 fully saturated rings. The first-order valence-electron chi connectivity index (χ1n) is 9.50. The summed E-state index contributed by atoms with van der Waals surface area (Å²) in [7, 11) is 5.55. The van der Waals surface area contributed by atoms with E-state index >= 15 is 0 Å². The summed E-state index contributed by atoms with van der Waals surface area (Å²) < 4.78 is 7.56. The molecule has 5 nitrogen and oxygen atoms in total. The van der Waals surface area contributed by atoms with E-state index in [0.29, 0.717) is 17.9 Å². The average molecular weight is 370 g/mol. The molecule has 0 aliphatic rings. The Morgan fingerprint density at radius 2 is 1.89 bits per heavy atom. The van der Waals surface area contributed by atoms with E-state index in [2.05, 4.69) is 24.1 Å². The van der Waals surface area contributed by atoms with Crippen molar-refractivity contribution in [2.24, 2.45) is 13.0 Å². The molecule has 0 spiro atoms. The monoisotopic (exact) mass is 369 g/mol. The second-order valence-corrected chi connectivity index (χ2v) is 7.25. The standard InChI is InChI=1S/C20H24N2O2.C2H7N/c1-13(2)6-5-11-24-15-7-8-16-17-9-10-21-14(3)19(17)20(23)22(4)18(16)12-15;1-3-2/h7-10,12-13H,5-6,11H2,1-4H3;3H,1-2H3. The van der Waals surface area contributed by atoms with Gasteiger partial charge in [-0.15, -0.1) is 0 Å². The van der Waals surface area contributed by atoms with E-state index in [9.17, 15) is 4.79 Å². The molecule has 0 saturated carbocycles. The van der Waals surface area contributed by atoms with Gasteiger partial charge in [-0.25, -0.2) is 0 Å². The molecule has 0 aliphatic carbocycles. The normalized spacial score (nSPS) is 10.9. The summed E-state index contributed by atoms with van der Waals surface area (Å²) in [5, 5.41) is 5.44. The first-order chi connectivity index (χ1) is 12.9. The largest absolute Gasteiger partial charge is 0.494 e. The van der Waals surface area contributed by atoms with Crippen molar-refractivity contribution >= 4 is 21.7 Å². The summed E-state index contributed by atoms with van der Waals surface area (Å²) in [5.74, 6) is 1.50. The first kappa shape index (κ1) is 20.9. The number of rotatable bonds is 5. The van der Waals surface area contributed by atoms with Gasteiger partial charge in [0.15, 0.2) is 0 Å². The van der Waals surface area contributed by atoms with Crippen LogP contribution in [-0.4, -0.2) is 30.3 Å². The second kappa shape index (κ2) is 9.51. The van der Waals surface area contributed by atoms with Gasteiger partial charge >= 0.3 is 0 Å². The third kappa shape index (κ3) is 4.86. The lowest BCUT2D eigenvalue weighted by Gasteiger charge is -2.13. The Morgan fingerprint density at radius 3 is 2.56 bits per heavy atom. The second-order valence-electron chi connectivity index (χ2n) is 7.25. The number of benzene rings is 1. The van der Waals surface area contributed by atoms with Gasteiger partial charge in [0.1, 0.15) is 5.75 Å². The Balaban J connectivity index is 0.000000817. The predicted octanol–water partition coefficient (Wildman–Crippen LogP) is 4.05. The highest BCUT2D eigenvalue weighted by Crippen LogP contribution is 2.27. The maximum absolute atomic E-state index is 12.7. The number of pyridine rings is 2. The molecule has 3 rings (SSSR count). The molecule has 27 heavy (non-hydrogen) atoms. The van der Waals surface area contributed by atoms with E-state index in [4.69, 9.17) is 4.74 Å². The van der Waals surface area contributed by atoms with Crippen molar-refractivity contribution < 1.29 is 4.74 Å². The first-order valence-corrected chi connectivity index (χ1v) is 9.50. The van der Waals surface area contributed by atoms with Gasteiger partial charge in [0.25, 0.3) is 5.56 Å². The number of nitrogens with zero attached hydrogens (tertiary/aromatic N) is 2. The summed E-state index contributed by atoms with van der Waals surface area (Å²) in [6, 6.07) is 7.89. The van der Waals surface area contributed by atoms with Crippen LogP contribution < -0.4 is 15.6 Å². The number of hydrogen-bond donors (Lipinski definition) is 1. The zero-order chi connectivity index (χ0) is 20.0.